The zero-order chi connectivity index (χ0) is 17.1. The number of rotatable bonds is 6. The molecule has 0 radical (unpaired) electrons. The lowest BCUT2D eigenvalue weighted by atomic mass is 10.1. The largest absolute Gasteiger partial charge is 0.358 e. The molecular formula is C17H17N5O2. The van der Waals surface area contributed by atoms with Gasteiger partial charge in [-0.05, 0) is 29.8 Å². The Morgan fingerprint density at radius 1 is 1.29 bits per heavy atom. The van der Waals surface area contributed by atoms with Crippen LogP contribution in [0.4, 0.5) is 17.3 Å². The highest BCUT2D eigenvalue weighted by atomic mass is 16.6. The highest BCUT2D eigenvalue weighted by molar-refractivity contribution is 5.64. The topological polar surface area (TPSA) is 84.2 Å². The van der Waals surface area contributed by atoms with Crippen LogP contribution in [0.3, 0.4) is 0 Å². The molecule has 1 saturated heterocycles. The Kier molecular flexibility index (Phi) is 4.24. The molecule has 0 spiro atoms. The molecule has 2 aromatic heterocycles. The number of pyridine rings is 2. The van der Waals surface area contributed by atoms with Gasteiger partial charge in [-0.3, -0.25) is 10.1 Å². The maximum atomic E-state index is 11.0. The van der Waals surface area contributed by atoms with E-state index in [1.807, 2.05) is 12.1 Å². The zero-order valence-electron chi connectivity index (χ0n) is 13.1. The molecule has 122 valence electrons. The average Bonchev–Trinajstić information content (AvgIpc) is 2.57. The summed E-state index contributed by atoms with van der Waals surface area (Å²) in [7, 11) is 0. The number of hydrogen-bond acceptors (Lipinski definition) is 6. The summed E-state index contributed by atoms with van der Waals surface area (Å²) in [6.45, 7) is 8.92. The third kappa shape index (κ3) is 2.96. The number of anilines is 2. The van der Waals surface area contributed by atoms with Crippen molar-refractivity contribution < 1.29 is 4.92 Å². The van der Waals surface area contributed by atoms with Gasteiger partial charge in [-0.2, -0.15) is 0 Å². The van der Waals surface area contributed by atoms with Crippen molar-refractivity contribution >= 4 is 29.5 Å². The van der Waals surface area contributed by atoms with Crippen LogP contribution in [-0.4, -0.2) is 34.0 Å². The molecule has 0 saturated carbocycles. The Morgan fingerprint density at radius 3 is 2.75 bits per heavy atom. The van der Waals surface area contributed by atoms with Crippen LogP contribution >= 0.6 is 0 Å². The van der Waals surface area contributed by atoms with Crippen molar-refractivity contribution in [2.45, 2.75) is 6.04 Å². The molecule has 1 aliphatic rings. The number of hydrogen-bond donors (Lipinski definition) is 1. The first-order valence-electron chi connectivity index (χ1n) is 7.49. The molecule has 2 aromatic rings. The second-order valence-electron chi connectivity index (χ2n) is 5.43. The van der Waals surface area contributed by atoms with Crippen molar-refractivity contribution in [3.05, 3.63) is 65.0 Å². The van der Waals surface area contributed by atoms with E-state index in [0.29, 0.717) is 18.9 Å². The molecule has 7 heteroatoms. The van der Waals surface area contributed by atoms with Crippen LogP contribution in [0, 0.1) is 10.1 Å². The van der Waals surface area contributed by atoms with E-state index < -0.39 is 4.92 Å². The van der Waals surface area contributed by atoms with Crippen LogP contribution in [0.5, 0.6) is 0 Å². The van der Waals surface area contributed by atoms with Crippen LogP contribution in [0.25, 0.3) is 12.2 Å². The van der Waals surface area contributed by atoms with E-state index >= 15 is 0 Å². The Balaban J connectivity index is 1.67. The average molecular weight is 323 g/mol. The first-order valence-corrected chi connectivity index (χ1v) is 7.49. The minimum Gasteiger partial charge on any atom is -0.358 e. The van der Waals surface area contributed by atoms with Crippen molar-refractivity contribution in [2.24, 2.45) is 0 Å². The monoisotopic (exact) mass is 323 g/mol. The predicted molar refractivity (Wildman–Crippen MR) is 94.9 cm³/mol. The summed E-state index contributed by atoms with van der Waals surface area (Å²) in [6.07, 6.45) is 4.99. The third-order valence-corrected chi connectivity index (χ3v) is 3.89. The second kappa shape index (κ2) is 6.49. The molecule has 0 aliphatic carbocycles. The molecule has 1 fully saturated rings. The Bertz CT molecular complexity index is 799. The van der Waals surface area contributed by atoms with Crippen molar-refractivity contribution in [3.8, 4) is 0 Å². The molecule has 0 amide bonds. The number of nitrogens with one attached hydrogen (secondary N) is 1. The molecular weight excluding hydrogens is 306 g/mol. The summed E-state index contributed by atoms with van der Waals surface area (Å²) >= 11 is 0. The minimum absolute atomic E-state index is 0.0154. The van der Waals surface area contributed by atoms with E-state index in [4.69, 9.17) is 0 Å². The minimum atomic E-state index is -0.433. The third-order valence-electron chi connectivity index (χ3n) is 3.89. The van der Waals surface area contributed by atoms with E-state index in [1.54, 1.807) is 18.2 Å². The van der Waals surface area contributed by atoms with E-state index in [1.165, 1.54) is 12.3 Å². The first kappa shape index (κ1) is 15.7. The van der Waals surface area contributed by atoms with Crippen LogP contribution in [-0.2, 0) is 0 Å². The van der Waals surface area contributed by atoms with Crippen molar-refractivity contribution in [3.63, 3.8) is 0 Å². The fourth-order valence-electron chi connectivity index (χ4n) is 2.59. The summed E-state index contributed by atoms with van der Waals surface area (Å²) in [5.41, 5.74) is 1.71. The maximum Gasteiger partial charge on any atom is 0.311 e. The van der Waals surface area contributed by atoms with Gasteiger partial charge in [0.1, 0.15) is 5.82 Å². The van der Waals surface area contributed by atoms with E-state index in [0.717, 1.165) is 17.1 Å². The van der Waals surface area contributed by atoms with E-state index in [9.17, 15) is 10.1 Å². The van der Waals surface area contributed by atoms with Gasteiger partial charge < -0.3 is 10.2 Å². The highest BCUT2D eigenvalue weighted by Gasteiger charge is 2.30. The van der Waals surface area contributed by atoms with Gasteiger partial charge in [-0.1, -0.05) is 19.2 Å². The van der Waals surface area contributed by atoms with Gasteiger partial charge in [-0.25, -0.2) is 9.97 Å². The second-order valence-corrected chi connectivity index (χ2v) is 5.43. The zero-order valence-corrected chi connectivity index (χ0v) is 13.1. The lowest BCUT2D eigenvalue weighted by Gasteiger charge is -2.40. The van der Waals surface area contributed by atoms with E-state index in [2.05, 4.69) is 33.3 Å². The van der Waals surface area contributed by atoms with Crippen LogP contribution < -0.4 is 10.2 Å². The van der Waals surface area contributed by atoms with Gasteiger partial charge in [0.2, 0.25) is 5.82 Å². The lowest BCUT2D eigenvalue weighted by molar-refractivity contribution is -0.384. The molecule has 0 bridgehead atoms. The number of nitro groups is 1. The number of nitrogens with zero attached hydrogens (tertiary/aromatic N) is 4. The summed E-state index contributed by atoms with van der Waals surface area (Å²) in [5, 5.41) is 14.1. The quantitative estimate of drug-likeness (QED) is 0.650. The number of aromatic nitrogens is 2. The Labute approximate surface area is 139 Å². The molecule has 0 unspecified atom stereocenters. The summed E-state index contributed by atoms with van der Waals surface area (Å²) < 4.78 is 0. The van der Waals surface area contributed by atoms with Crippen LogP contribution in [0.1, 0.15) is 11.3 Å². The smallest absolute Gasteiger partial charge is 0.311 e. The Morgan fingerprint density at radius 2 is 2.08 bits per heavy atom. The molecule has 3 heterocycles. The normalized spacial score (nSPS) is 13.9. The van der Waals surface area contributed by atoms with Gasteiger partial charge in [-0.15, -0.1) is 0 Å². The SMILES string of the molecule is C=Cc1ccc(N2CC(Nc3ncccc3[N+](=O)[O-])C2)nc1C=C. The highest BCUT2D eigenvalue weighted by Crippen LogP contribution is 2.26. The van der Waals surface area contributed by atoms with Crippen LogP contribution in [0.2, 0.25) is 0 Å². The van der Waals surface area contributed by atoms with Gasteiger partial charge >= 0.3 is 5.69 Å². The van der Waals surface area contributed by atoms with Gasteiger partial charge in [0.05, 0.1) is 16.7 Å². The van der Waals surface area contributed by atoms with Gasteiger partial charge in [0.15, 0.2) is 0 Å². The van der Waals surface area contributed by atoms with Crippen molar-refractivity contribution in [1.29, 1.82) is 0 Å². The lowest BCUT2D eigenvalue weighted by Crippen LogP contribution is -2.55. The fraction of sp³-hybridized carbons (Fsp3) is 0.176. The molecule has 0 aromatic carbocycles. The first-order chi connectivity index (χ1) is 11.6. The van der Waals surface area contributed by atoms with Gasteiger partial charge in [0, 0.05) is 25.4 Å². The standard InChI is InChI=1S/C17H17N5O2/c1-3-12-7-8-16(20-14(12)4-2)21-10-13(11-21)19-17-15(22(23)24)6-5-9-18-17/h3-9,13H,1-2,10-11H2,(H,18,19). The van der Waals surface area contributed by atoms with E-state index in [-0.39, 0.29) is 11.7 Å². The molecule has 3 rings (SSSR count). The summed E-state index contributed by atoms with van der Waals surface area (Å²) in [4.78, 5) is 21.3. The van der Waals surface area contributed by atoms with Crippen LogP contribution in [0.15, 0.2) is 43.6 Å². The van der Waals surface area contributed by atoms with Crippen molar-refractivity contribution in [2.75, 3.05) is 23.3 Å². The summed E-state index contributed by atoms with van der Waals surface area (Å²) in [5.74, 6) is 1.15. The Hall–Kier alpha value is -3.22. The van der Waals surface area contributed by atoms with Gasteiger partial charge in [0.25, 0.3) is 0 Å². The molecule has 1 N–H and O–H groups in total. The fourth-order valence-corrected chi connectivity index (χ4v) is 2.59. The summed E-state index contributed by atoms with van der Waals surface area (Å²) in [6, 6.07) is 6.97. The van der Waals surface area contributed by atoms with Crippen molar-refractivity contribution in [1.82, 2.24) is 9.97 Å². The molecule has 0 atom stereocenters. The molecule has 24 heavy (non-hydrogen) atoms. The molecule has 7 nitrogen and oxygen atoms in total. The molecule has 1 aliphatic heterocycles. The predicted octanol–water partition coefficient (Wildman–Crippen LogP) is 2.97. The maximum absolute atomic E-state index is 11.0.